The van der Waals surface area contributed by atoms with Crippen LogP contribution in [0.4, 0.5) is 5.13 Å². The number of fused-ring (bicyclic) bond motifs is 1. The fourth-order valence-electron chi connectivity index (χ4n) is 4.25. The number of primary amides is 1. The maximum absolute atomic E-state index is 13.2. The number of carbonyl (C=O) groups excluding carboxylic acids is 4. The Morgan fingerprint density at radius 1 is 1.25 bits per heavy atom. The second-order valence-electron chi connectivity index (χ2n) is 8.54. The van der Waals surface area contributed by atoms with Gasteiger partial charge in [0.15, 0.2) is 5.13 Å². The number of nitrogens with zero attached hydrogens (tertiary/aromatic N) is 2. The van der Waals surface area contributed by atoms with Crippen molar-refractivity contribution in [3.8, 4) is 11.3 Å². The number of H-pyrrole nitrogens is 1. The summed E-state index contributed by atoms with van der Waals surface area (Å²) in [7, 11) is 0. The van der Waals surface area contributed by atoms with Crippen LogP contribution in [0.5, 0.6) is 0 Å². The molecule has 1 saturated heterocycles. The summed E-state index contributed by atoms with van der Waals surface area (Å²) in [6, 6.07) is 0.698. The molecular weight excluding hydrogens is 430 g/mol. The number of amides is 4. The highest BCUT2D eigenvalue weighted by Crippen LogP contribution is 2.37. The quantitative estimate of drug-likeness (QED) is 0.435. The normalized spacial score (nSPS) is 21.2. The molecule has 0 bridgehead atoms. The summed E-state index contributed by atoms with van der Waals surface area (Å²) in [4.78, 5) is 58.9. The van der Waals surface area contributed by atoms with Crippen molar-refractivity contribution in [2.75, 3.05) is 5.32 Å². The lowest BCUT2D eigenvalue weighted by atomic mass is 9.85. The number of nitrogens with two attached hydrogens (primary N) is 1. The lowest BCUT2D eigenvalue weighted by Crippen LogP contribution is -2.48. The first-order valence-corrected chi connectivity index (χ1v) is 11.4. The van der Waals surface area contributed by atoms with Crippen LogP contribution < -0.4 is 11.1 Å². The number of hydrogen-bond acceptors (Lipinski definition) is 6. The van der Waals surface area contributed by atoms with Crippen LogP contribution in [-0.2, 0) is 14.4 Å². The van der Waals surface area contributed by atoms with Crippen LogP contribution in [0, 0.1) is 17.8 Å². The van der Waals surface area contributed by atoms with E-state index in [0.29, 0.717) is 35.7 Å². The van der Waals surface area contributed by atoms with Gasteiger partial charge in [-0.05, 0) is 31.2 Å². The Hall–Kier alpha value is -3.27. The van der Waals surface area contributed by atoms with E-state index in [-0.39, 0.29) is 35.3 Å². The van der Waals surface area contributed by atoms with E-state index in [9.17, 15) is 19.2 Å². The van der Waals surface area contributed by atoms with Crippen LogP contribution in [0.2, 0.25) is 0 Å². The first-order valence-electron chi connectivity index (χ1n) is 10.5. The number of thiazole rings is 1. The van der Waals surface area contributed by atoms with Gasteiger partial charge < -0.3 is 16.0 Å². The third kappa shape index (κ3) is 4.10. The third-order valence-electron chi connectivity index (χ3n) is 5.83. The fraction of sp³-hybridized carbons (Fsp3) is 0.409. The molecule has 3 unspecified atom stereocenters. The van der Waals surface area contributed by atoms with Gasteiger partial charge in [-0.1, -0.05) is 26.0 Å². The van der Waals surface area contributed by atoms with Crippen molar-refractivity contribution in [2.45, 2.75) is 39.2 Å². The van der Waals surface area contributed by atoms with Crippen LogP contribution in [0.15, 0.2) is 29.8 Å². The largest absolute Gasteiger partial charge is 0.364 e. The molecule has 2 aromatic heterocycles. The Kier molecular flexibility index (Phi) is 5.96. The number of aromatic nitrogens is 2. The van der Waals surface area contributed by atoms with Crippen molar-refractivity contribution in [3.63, 3.8) is 0 Å². The molecule has 0 saturated carbocycles. The predicted octanol–water partition coefficient (Wildman–Crippen LogP) is 2.54. The van der Waals surface area contributed by atoms with Crippen LogP contribution >= 0.6 is 11.3 Å². The summed E-state index contributed by atoms with van der Waals surface area (Å²) in [5.41, 5.74) is 6.76. The fourth-order valence-corrected chi connectivity index (χ4v) is 4.97. The average Bonchev–Trinajstić information content (AvgIpc) is 3.46. The van der Waals surface area contributed by atoms with Gasteiger partial charge in [0.05, 0.1) is 17.5 Å². The number of imide groups is 1. The van der Waals surface area contributed by atoms with E-state index in [1.165, 1.54) is 16.2 Å². The molecule has 1 aliphatic carbocycles. The average molecular weight is 456 g/mol. The lowest BCUT2D eigenvalue weighted by Gasteiger charge is -2.27. The standard InChI is InChI=1S/C22H25N5O4S/c1-11(2)7-17(27-20(30)13-5-3-4-6-14(13)21(27)31)19(29)26-22-25-16(10-32-22)12-8-15(18(23)28)24-9-12/h3-4,8-11,13-14,17,24H,5-7H2,1-2H3,(H2,23,28)(H,25,26,29). The Morgan fingerprint density at radius 2 is 1.91 bits per heavy atom. The molecule has 0 spiro atoms. The molecule has 1 fully saturated rings. The van der Waals surface area contributed by atoms with Gasteiger partial charge in [0.2, 0.25) is 17.7 Å². The molecule has 4 rings (SSSR count). The number of rotatable bonds is 7. The molecule has 32 heavy (non-hydrogen) atoms. The Bertz CT molecular complexity index is 1080. The van der Waals surface area contributed by atoms with Crippen LogP contribution in [0.3, 0.4) is 0 Å². The molecule has 2 aliphatic rings. The van der Waals surface area contributed by atoms with Gasteiger partial charge in [-0.25, -0.2) is 4.98 Å². The van der Waals surface area contributed by atoms with Crippen molar-refractivity contribution in [1.82, 2.24) is 14.9 Å². The summed E-state index contributed by atoms with van der Waals surface area (Å²) in [5, 5.41) is 4.86. The van der Waals surface area contributed by atoms with Crippen molar-refractivity contribution in [2.24, 2.45) is 23.5 Å². The van der Waals surface area contributed by atoms with Gasteiger partial charge in [-0.15, -0.1) is 11.3 Å². The van der Waals surface area contributed by atoms with Gasteiger partial charge in [0.25, 0.3) is 5.91 Å². The van der Waals surface area contributed by atoms with E-state index in [1.807, 2.05) is 26.0 Å². The zero-order chi connectivity index (χ0) is 23.0. The molecule has 2 aromatic rings. The van der Waals surface area contributed by atoms with E-state index < -0.39 is 17.9 Å². The second-order valence-corrected chi connectivity index (χ2v) is 9.40. The third-order valence-corrected chi connectivity index (χ3v) is 6.59. The topological polar surface area (TPSA) is 138 Å². The van der Waals surface area contributed by atoms with Crippen LogP contribution in [0.1, 0.15) is 43.6 Å². The number of aromatic amines is 1. The number of nitrogens with one attached hydrogen (secondary N) is 2. The molecule has 0 aromatic carbocycles. The Balaban J connectivity index is 1.53. The molecule has 10 heteroatoms. The highest BCUT2D eigenvalue weighted by molar-refractivity contribution is 7.14. The van der Waals surface area contributed by atoms with Gasteiger partial charge in [-0.2, -0.15) is 0 Å². The highest BCUT2D eigenvalue weighted by atomic mass is 32.1. The lowest BCUT2D eigenvalue weighted by molar-refractivity contribution is -0.147. The van der Waals surface area contributed by atoms with E-state index >= 15 is 0 Å². The van der Waals surface area contributed by atoms with Crippen molar-refractivity contribution in [3.05, 3.63) is 35.5 Å². The van der Waals surface area contributed by atoms with Gasteiger partial charge in [-0.3, -0.25) is 24.1 Å². The van der Waals surface area contributed by atoms with Crippen molar-refractivity contribution >= 4 is 40.1 Å². The summed E-state index contributed by atoms with van der Waals surface area (Å²) < 4.78 is 0. The number of hydrogen-bond donors (Lipinski definition) is 3. The van der Waals surface area contributed by atoms with Crippen molar-refractivity contribution < 1.29 is 19.2 Å². The molecule has 1 aliphatic heterocycles. The highest BCUT2D eigenvalue weighted by Gasteiger charge is 2.51. The van der Waals surface area contributed by atoms with Gasteiger partial charge in [0, 0.05) is 17.1 Å². The van der Waals surface area contributed by atoms with Gasteiger partial charge in [0.1, 0.15) is 11.7 Å². The summed E-state index contributed by atoms with van der Waals surface area (Å²) in [5.74, 6) is -2.20. The van der Waals surface area contributed by atoms with E-state index in [0.717, 1.165) is 0 Å². The van der Waals surface area contributed by atoms with Crippen molar-refractivity contribution in [1.29, 1.82) is 0 Å². The van der Waals surface area contributed by atoms with Gasteiger partial charge >= 0.3 is 0 Å². The second kappa shape index (κ2) is 8.70. The predicted molar refractivity (Wildman–Crippen MR) is 119 cm³/mol. The first-order chi connectivity index (χ1) is 15.3. The summed E-state index contributed by atoms with van der Waals surface area (Å²) in [6.07, 6.45) is 6.89. The first kappa shape index (κ1) is 21.9. The zero-order valence-corrected chi connectivity index (χ0v) is 18.6. The maximum Gasteiger partial charge on any atom is 0.265 e. The molecule has 0 radical (unpaired) electrons. The number of carbonyl (C=O) groups is 4. The Labute approximate surface area is 189 Å². The minimum atomic E-state index is -0.887. The number of anilines is 1. The molecule has 168 valence electrons. The van der Waals surface area contributed by atoms with Crippen LogP contribution in [0.25, 0.3) is 11.3 Å². The molecule has 3 heterocycles. The minimum Gasteiger partial charge on any atom is -0.364 e. The van der Waals surface area contributed by atoms with E-state index in [2.05, 4.69) is 15.3 Å². The molecule has 3 atom stereocenters. The number of likely N-dealkylation sites (tertiary alicyclic amines) is 1. The zero-order valence-electron chi connectivity index (χ0n) is 17.8. The maximum atomic E-state index is 13.2. The SMILES string of the molecule is CC(C)CC(C(=O)Nc1nc(-c2c[nH]c(C(N)=O)c2)cs1)N1C(=O)C2CC=CCC2C1=O. The summed E-state index contributed by atoms with van der Waals surface area (Å²) in [6.45, 7) is 3.90. The molecule has 4 amide bonds. The monoisotopic (exact) mass is 455 g/mol. The molecular formula is C22H25N5O4S. The summed E-state index contributed by atoms with van der Waals surface area (Å²) >= 11 is 1.22. The van der Waals surface area contributed by atoms with Crippen LogP contribution in [-0.4, -0.2) is 44.5 Å². The smallest absolute Gasteiger partial charge is 0.265 e. The Morgan fingerprint density at radius 3 is 2.47 bits per heavy atom. The molecule has 4 N–H and O–H groups in total. The van der Waals surface area contributed by atoms with E-state index in [1.54, 1.807) is 17.6 Å². The van der Waals surface area contributed by atoms with E-state index in [4.69, 9.17) is 5.73 Å². The number of allylic oxidation sites excluding steroid dienone is 2. The minimum absolute atomic E-state index is 0.103. The molecule has 9 nitrogen and oxygen atoms in total.